The van der Waals surface area contributed by atoms with Gasteiger partial charge >= 0.3 is 0 Å². The Morgan fingerprint density at radius 2 is 2.11 bits per heavy atom. The summed E-state index contributed by atoms with van der Waals surface area (Å²) in [4.78, 5) is 14.0. The Labute approximate surface area is 117 Å². The zero-order valence-electron chi connectivity index (χ0n) is 10.7. The molecule has 0 aliphatic heterocycles. The lowest BCUT2D eigenvalue weighted by Crippen LogP contribution is -2.38. The molecule has 0 aliphatic carbocycles. The number of amides is 1. The number of carbonyl (C=O) groups is 1. The molecular weight excluding hydrogens is 262 g/mol. The SMILES string of the molecule is CCC(Cl)C(=O)N(Cn1cccn1)c1ccccc1. The summed E-state index contributed by atoms with van der Waals surface area (Å²) in [6.07, 6.45) is 4.10. The van der Waals surface area contributed by atoms with Gasteiger partial charge in [0.05, 0.1) is 0 Å². The molecule has 4 nitrogen and oxygen atoms in total. The zero-order chi connectivity index (χ0) is 13.7. The number of benzene rings is 1. The number of aromatic nitrogens is 2. The molecule has 1 atom stereocenters. The first-order chi connectivity index (χ1) is 9.22. The van der Waals surface area contributed by atoms with Crippen molar-refractivity contribution < 1.29 is 4.79 Å². The fourth-order valence-electron chi connectivity index (χ4n) is 1.76. The van der Waals surface area contributed by atoms with E-state index in [2.05, 4.69) is 5.10 Å². The van der Waals surface area contributed by atoms with Gasteiger partial charge in [0.2, 0.25) is 5.91 Å². The van der Waals surface area contributed by atoms with Crippen molar-refractivity contribution in [3.05, 3.63) is 48.8 Å². The highest BCUT2D eigenvalue weighted by molar-refractivity contribution is 6.32. The normalized spacial score (nSPS) is 12.1. The fourth-order valence-corrected chi connectivity index (χ4v) is 1.88. The van der Waals surface area contributed by atoms with Crippen LogP contribution in [0.2, 0.25) is 0 Å². The molecule has 0 aliphatic rings. The highest BCUT2D eigenvalue weighted by Crippen LogP contribution is 2.18. The van der Waals surface area contributed by atoms with Gasteiger partial charge in [-0.15, -0.1) is 11.6 Å². The number of hydrogen-bond donors (Lipinski definition) is 0. The van der Waals surface area contributed by atoms with E-state index in [-0.39, 0.29) is 5.91 Å². The lowest BCUT2D eigenvalue weighted by atomic mass is 10.2. The molecule has 1 unspecified atom stereocenters. The smallest absolute Gasteiger partial charge is 0.246 e. The standard InChI is InChI=1S/C14H16ClN3O/c1-2-13(15)14(19)18(11-17-10-6-9-16-17)12-7-4-3-5-8-12/h3-10,13H,2,11H2,1H3. The molecule has 0 N–H and O–H groups in total. The van der Waals surface area contributed by atoms with Crippen LogP contribution >= 0.6 is 11.6 Å². The van der Waals surface area contributed by atoms with Gasteiger partial charge in [0.15, 0.2) is 0 Å². The second-order valence-electron chi connectivity index (χ2n) is 4.16. The predicted molar refractivity (Wildman–Crippen MR) is 76.1 cm³/mol. The van der Waals surface area contributed by atoms with Crippen LogP contribution in [-0.2, 0) is 11.5 Å². The van der Waals surface area contributed by atoms with E-state index in [9.17, 15) is 4.79 Å². The molecule has 2 rings (SSSR count). The van der Waals surface area contributed by atoms with E-state index in [0.29, 0.717) is 13.1 Å². The highest BCUT2D eigenvalue weighted by atomic mass is 35.5. The van der Waals surface area contributed by atoms with Crippen molar-refractivity contribution in [2.24, 2.45) is 0 Å². The zero-order valence-corrected chi connectivity index (χ0v) is 11.5. The first kappa shape index (κ1) is 13.6. The van der Waals surface area contributed by atoms with Gasteiger partial charge in [0, 0.05) is 18.1 Å². The van der Waals surface area contributed by atoms with Crippen LogP contribution in [0, 0.1) is 0 Å². The lowest BCUT2D eigenvalue weighted by Gasteiger charge is -2.24. The molecule has 100 valence electrons. The molecular formula is C14H16ClN3O. The highest BCUT2D eigenvalue weighted by Gasteiger charge is 2.22. The molecule has 1 heterocycles. The first-order valence-electron chi connectivity index (χ1n) is 6.20. The molecule has 1 aromatic heterocycles. The third-order valence-corrected chi connectivity index (χ3v) is 3.30. The maximum Gasteiger partial charge on any atom is 0.246 e. The summed E-state index contributed by atoms with van der Waals surface area (Å²) >= 11 is 6.08. The van der Waals surface area contributed by atoms with E-state index < -0.39 is 5.38 Å². The quantitative estimate of drug-likeness (QED) is 0.788. The number of carbonyl (C=O) groups excluding carboxylic acids is 1. The first-order valence-corrected chi connectivity index (χ1v) is 6.64. The monoisotopic (exact) mass is 277 g/mol. The summed E-state index contributed by atoms with van der Waals surface area (Å²) in [6, 6.07) is 11.3. The summed E-state index contributed by atoms with van der Waals surface area (Å²) in [5.41, 5.74) is 0.821. The van der Waals surface area contributed by atoms with Crippen LogP contribution in [0.5, 0.6) is 0 Å². The van der Waals surface area contributed by atoms with Gasteiger partial charge in [0.25, 0.3) is 0 Å². The predicted octanol–water partition coefficient (Wildman–Crippen LogP) is 2.89. The van der Waals surface area contributed by atoms with Gasteiger partial charge in [0.1, 0.15) is 12.0 Å². The Bertz CT molecular complexity index is 513. The summed E-state index contributed by atoms with van der Waals surface area (Å²) in [5.74, 6) is -0.106. The second-order valence-corrected chi connectivity index (χ2v) is 4.69. The Kier molecular flexibility index (Phi) is 4.58. The van der Waals surface area contributed by atoms with Crippen molar-refractivity contribution >= 4 is 23.2 Å². The number of halogens is 1. The average molecular weight is 278 g/mol. The van der Waals surface area contributed by atoms with Crippen molar-refractivity contribution in [1.82, 2.24) is 9.78 Å². The van der Waals surface area contributed by atoms with E-state index in [1.54, 1.807) is 15.8 Å². The van der Waals surface area contributed by atoms with Gasteiger partial charge in [-0.25, -0.2) is 0 Å². The van der Waals surface area contributed by atoms with Gasteiger partial charge in [-0.05, 0) is 24.6 Å². The van der Waals surface area contributed by atoms with Crippen molar-refractivity contribution in [2.45, 2.75) is 25.4 Å². The minimum Gasteiger partial charge on any atom is -0.291 e. The molecule has 1 amide bonds. The van der Waals surface area contributed by atoms with E-state index in [1.807, 2.05) is 49.5 Å². The van der Waals surface area contributed by atoms with Crippen molar-refractivity contribution in [3.63, 3.8) is 0 Å². The van der Waals surface area contributed by atoms with Crippen LogP contribution in [0.15, 0.2) is 48.8 Å². The number of nitrogens with zero attached hydrogens (tertiary/aromatic N) is 3. The minimum absolute atomic E-state index is 0.106. The van der Waals surface area contributed by atoms with Crippen LogP contribution in [-0.4, -0.2) is 21.1 Å². The van der Waals surface area contributed by atoms with E-state index in [0.717, 1.165) is 5.69 Å². The van der Waals surface area contributed by atoms with Crippen LogP contribution in [0.25, 0.3) is 0 Å². The molecule has 0 saturated heterocycles. The van der Waals surface area contributed by atoms with E-state index >= 15 is 0 Å². The van der Waals surface area contributed by atoms with Crippen molar-refractivity contribution in [3.8, 4) is 0 Å². The molecule has 0 fully saturated rings. The topological polar surface area (TPSA) is 38.1 Å². The number of alkyl halides is 1. The molecule has 0 spiro atoms. The molecule has 0 saturated carbocycles. The number of anilines is 1. The Balaban J connectivity index is 2.25. The van der Waals surface area contributed by atoms with Crippen molar-refractivity contribution in [2.75, 3.05) is 4.90 Å². The molecule has 1 aromatic carbocycles. The number of para-hydroxylation sites is 1. The molecule has 2 aromatic rings. The molecule has 19 heavy (non-hydrogen) atoms. The van der Waals surface area contributed by atoms with Gasteiger partial charge in [-0.2, -0.15) is 5.10 Å². The summed E-state index contributed by atoms with van der Waals surface area (Å²) in [7, 11) is 0. The number of hydrogen-bond acceptors (Lipinski definition) is 2. The van der Waals surface area contributed by atoms with Crippen molar-refractivity contribution in [1.29, 1.82) is 0 Å². The van der Waals surface area contributed by atoms with Gasteiger partial charge in [-0.1, -0.05) is 25.1 Å². The molecule has 5 heteroatoms. The Morgan fingerprint density at radius 3 is 2.68 bits per heavy atom. The van der Waals surface area contributed by atoms with Gasteiger partial charge in [-0.3, -0.25) is 14.4 Å². The third kappa shape index (κ3) is 3.35. The maximum atomic E-state index is 12.4. The van der Waals surface area contributed by atoms with E-state index in [4.69, 9.17) is 11.6 Å². The minimum atomic E-state index is -0.518. The molecule has 0 bridgehead atoms. The Hall–Kier alpha value is -1.81. The Morgan fingerprint density at radius 1 is 1.37 bits per heavy atom. The summed E-state index contributed by atoms with van der Waals surface area (Å²) in [6.45, 7) is 2.26. The van der Waals surface area contributed by atoms with Gasteiger partial charge < -0.3 is 0 Å². The van der Waals surface area contributed by atoms with Crippen LogP contribution in [0.1, 0.15) is 13.3 Å². The van der Waals surface area contributed by atoms with Crippen LogP contribution < -0.4 is 4.90 Å². The fraction of sp³-hybridized carbons (Fsp3) is 0.286. The summed E-state index contributed by atoms with van der Waals surface area (Å²) < 4.78 is 1.70. The van der Waals surface area contributed by atoms with Crippen LogP contribution in [0.4, 0.5) is 5.69 Å². The maximum absolute atomic E-state index is 12.4. The average Bonchev–Trinajstić information content (AvgIpc) is 2.97. The van der Waals surface area contributed by atoms with Crippen LogP contribution in [0.3, 0.4) is 0 Å². The lowest BCUT2D eigenvalue weighted by molar-refractivity contribution is -0.118. The number of rotatable bonds is 5. The largest absolute Gasteiger partial charge is 0.291 e. The molecule has 0 radical (unpaired) electrons. The van der Waals surface area contributed by atoms with E-state index in [1.165, 1.54) is 0 Å². The summed E-state index contributed by atoms with van der Waals surface area (Å²) in [5, 5.41) is 3.61. The second kappa shape index (κ2) is 6.38. The third-order valence-electron chi connectivity index (χ3n) is 2.81.